The quantitative estimate of drug-likeness (QED) is 0.476. The van der Waals surface area contributed by atoms with E-state index >= 15 is 0 Å². The third-order valence-electron chi connectivity index (χ3n) is 7.52. The molecule has 2 aromatic carbocycles. The second-order valence-electron chi connectivity index (χ2n) is 10.0. The molecular formula is C28H34N4O3S2. The summed E-state index contributed by atoms with van der Waals surface area (Å²) in [5, 5.41) is 2.10. The van der Waals surface area contributed by atoms with Gasteiger partial charge in [0.2, 0.25) is 10.0 Å². The van der Waals surface area contributed by atoms with Gasteiger partial charge in [-0.3, -0.25) is 4.90 Å². The summed E-state index contributed by atoms with van der Waals surface area (Å²) in [6, 6.07) is 23.6. The molecule has 3 heterocycles. The van der Waals surface area contributed by atoms with Crippen molar-refractivity contribution in [1.82, 2.24) is 19.0 Å². The largest absolute Gasteiger partial charge is 0.322 e. The molecule has 2 fully saturated rings. The minimum atomic E-state index is -3.23. The van der Waals surface area contributed by atoms with Gasteiger partial charge in [0.1, 0.15) is 0 Å². The summed E-state index contributed by atoms with van der Waals surface area (Å²) in [7, 11) is -1.08. The molecule has 0 bridgehead atoms. The number of carbonyl (C=O) groups is 1. The second-order valence-corrected chi connectivity index (χ2v) is 12.9. The lowest BCUT2D eigenvalue weighted by atomic mass is 9.93. The number of benzene rings is 2. The normalized spacial score (nSPS) is 21.1. The highest BCUT2D eigenvalue weighted by molar-refractivity contribution is 7.88. The molecule has 0 aliphatic carbocycles. The highest BCUT2D eigenvalue weighted by Gasteiger charge is 2.40. The summed E-state index contributed by atoms with van der Waals surface area (Å²) in [6.45, 7) is 3.66. The van der Waals surface area contributed by atoms with Crippen LogP contribution >= 0.6 is 11.3 Å². The Morgan fingerprint density at radius 3 is 2.24 bits per heavy atom. The molecule has 2 amide bonds. The van der Waals surface area contributed by atoms with Gasteiger partial charge in [0.05, 0.1) is 6.26 Å². The van der Waals surface area contributed by atoms with Gasteiger partial charge in [-0.2, -0.15) is 4.31 Å². The number of sulfonamides is 1. The summed E-state index contributed by atoms with van der Waals surface area (Å²) in [5.41, 5.74) is 3.72. The average Bonchev–Trinajstić information content (AvgIpc) is 3.60. The fourth-order valence-electron chi connectivity index (χ4n) is 5.45. The maximum absolute atomic E-state index is 13.5. The van der Waals surface area contributed by atoms with Crippen molar-refractivity contribution in [2.75, 3.05) is 52.6 Å². The molecule has 9 heteroatoms. The van der Waals surface area contributed by atoms with Gasteiger partial charge < -0.3 is 9.80 Å². The number of likely N-dealkylation sites (N-methyl/N-ethyl adjacent to an activating group) is 1. The number of hydrogen-bond donors (Lipinski definition) is 0. The molecule has 37 heavy (non-hydrogen) atoms. The van der Waals surface area contributed by atoms with Crippen LogP contribution in [0.5, 0.6) is 0 Å². The molecule has 0 radical (unpaired) electrons. The van der Waals surface area contributed by atoms with Gasteiger partial charge in [-0.1, -0.05) is 60.7 Å². The van der Waals surface area contributed by atoms with Gasteiger partial charge in [-0.15, -0.1) is 11.3 Å². The lowest BCUT2D eigenvalue weighted by Gasteiger charge is -2.35. The number of thiophene rings is 1. The zero-order valence-corrected chi connectivity index (χ0v) is 23.0. The monoisotopic (exact) mass is 538 g/mol. The van der Waals surface area contributed by atoms with E-state index in [2.05, 4.69) is 78.0 Å². The third kappa shape index (κ3) is 5.90. The summed E-state index contributed by atoms with van der Waals surface area (Å²) in [5.74, 6) is 0.206. The van der Waals surface area contributed by atoms with E-state index < -0.39 is 10.0 Å². The van der Waals surface area contributed by atoms with E-state index in [1.807, 2.05) is 11.0 Å². The highest BCUT2D eigenvalue weighted by atomic mass is 32.2. The standard InChI is InChI=1S/C28H34N4O3S2/c1-29(19-22-10-12-24(13-11-22)27-9-6-18-36-27)26-21-31(20-25(26)23-7-4-3-5-8-23)28(33)30-14-16-32(17-15-30)37(2,34)35/h3-13,18,25-26H,14-17,19-21H2,1-2H3/t25-,26+/m1/s1. The number of piperazine rings is 1. The van der Waals surface area contributed by atoms with Crippen LogP contribution in [0.3, 0.4) is 0 Å². The van der Waals surface area contributed by atoms with Crippen molar-refractivity contribution in [2.24, 2.45) is 0 Å². The van der Waals surface area contributed by atoms with E-state index in [0.717, 1.165) is 6.54 Å². The number of carbonyl (C=O) groups excluding carboxylic acids is 1. The molecule has 2 saturated heterocycles. The molecule has 0 N–H and O–H groups in total. The average molecular weight is 539 g/mol. The molecule has 3 aromatic rings. The van der Waals surface area contributed by atoms with E-state index in [-0.39, 0.29) is 18.0 Å². The van der Waals surface area contributed by atoms with Gasteiger partial charge in [-0.25, -0.2) is 13.2 Å². The van der Waals surface area contributed by atoms with Crippen LogP contribution in [0, 0.1) is 0 Å². The van der Waals surface area contributed by atoms with Crippen molar-refractivity contribution in [2.45, 2.75) is 18.5 Å². The Labute approximate surface area is 224 Å². The van der Waals surface area contributed by atoms with Gasteiger partial charge in [0, 0.05) is 62.7 Å². The van der Waals surface area contributed by atoms with Crippen molar-refractivity contribution < 1.29 is 13.2 Å². The Bertz CT molecular complexity index is 1290. The van der Waals surface area contributed by atoms with Crippen molar-refractivity contribution in [1.29, 1.82) is 0 Å². The first-order valence-electron chi connectivity index (χ1n) is 12.7. The summed E-state index contributed by atoms with van der Waals surface area (Å²) in [6.07, 6.45) is 1.23. The van der Waals surface area contributed by atoms with Crippen molar-refractivity contribution in [3.05, 3.63) is 83.2 Å². The van der Waals surface area contributed by atoms with Crippen LogP contribution in [0.4, 0.5) is 4.79 Å². The Hall–Kier alpha value is -2.72. The number of rotatable bonds is 6. The van der Waals surface area contributed by atoms with Crippen molar-refractivity contribution in [3.8, 4) is 10.4 Å². The van der Waals surface area contributed by atoms with Gasteiger partial charge in [0.25, 0.3) is 0 Å². The van der Waals surface area contributed by atoms with E-state index in [9.17, 15) is 13.2 Å². The van der Waals surface area contributed by atoms with E-state index in [0.29, 0.717) is 39.3 Å². The minimum absolute atomic E-state index is 0.00489. The van der Waals surface area contributed by atoms with Crippen molar-refractivity contribution >= 4 is 27.4 Å². The van der Waals surface area contributed by atoms with Crippen LogP contribution < -0.4 is 0 Å². The molecule has 0 unspecified atom stereocenters. The van der Waals surface area contributed by atoms with Crippen molar-refractivity contribution in [3.63, 3.8) is 0 Å². The van der Waals surface area contributed by atoms with Crippen LogP contribution in [0.2, 0.25) is 0 Å². The summed E-state index contributed by atoms with van der Waals surface area (Å²) in [4.78, 5) is 20.9. The SMILES string of the molecule is CN(Cc1ccc(-c2cccs2)cc1)[C@H]1CN(C(=O)N2CCN(S(C)(=O)=O)CC2)C[C@@H]1c1ccccc1. The smallest absolute Gasteiger partial charge is 0.320 e. The number of amides is 2. The first kappa shape index (κ1) is 25.9. The van der Waals surface area contributed by atoms with Crippen LogP contribution in [-0.4, -0.2) is 92.1 Å². The molecule has 2 atom stereocenters. The van der Waals surface area contributed by atoms with Crippen LogP contribution in [0.25, 0.3) is 10.4 Å². The third-order valence-corrected chi connectivity index (χ3v) is 9.75. The fraction of sp³-hybridized carbons (Fsp3) is 0.393. The Kier molecular flexibility index (Phi) is 7.67. The van der Waals surface area contributed by atoms with Gasteiger partial charge in [0.15, 0.2) is 0 Å². The summed E-state index contributed by atoms with van der Waals surface area (Å²) >= 11 is 1.75. The lowest BCUT2D eigenvalue weighted by molar-refractivity contribution is 0.138. The van der Waals surface area contributed by atoms with Crippen LogP contribution in [0.1, 0.15) is 17.0 Å². The molecule has 7 nitrogen and oxygen atoms in total. The van der Waals surface area contributed by atoms with E-state index in [1.54, 1.807) is 16.2 Å². The van der Waals surface area contributed by atoms with Crippen LogP contribution in [-0.2, 0) is 16.6 Å². The van der Waals surface area contributed by atoms with Crippen LogP contribution in [0.15, 0.2) is 72.1 Å². The minimum Gasteiger partial charge on any atom is -0.322 e. The maximum atomic E-state index is 13.5. The number of likely N-dealkylation sites (tertiary alicyclic amines) is 1. The molecule has 0 saturated carbocycles. The summed E-state index contributed by atoms with van der Waals surface area (Å²) < 4.78 is 25.2. The number of nitrogens with zero attached hydrogens (tertiary/aromatic N) is 4. The Balaban J connectivity index is 1.29. The zero-order valence-electron chi connectivity index (χ0n) is 21.4. The first-order chi connectivity index (χ1) is 17.8. The number of urea groups is 1. The molecule has 2 aliphatic heterocycles. The van der Waals surface area contributed by atoms with Gasteiger partial charge in [-0.05, 0) is 35.2 Å². The lowest BCUT2D eigenvalue weighted by Crippen LogP contribution is -2.53. The Morgan fingerprint density at radius 2 is 1.62 bits per heavy atom. The predicted molar refractivity (Wildman–Crippen MR) is 149 cm³/mol. The predicted octanol–water partition coefficient (Wildman–Crippen LogP) is 4.01. The van der Waals surface area contributed by atoms with E-state index in [4.69, 9.17) is 0 Å². The molecular weight excluding hydrogens is 504 g/mol. The first-order valence-corrected chi connectivity index (χ1v) is 15.4. The molecule has 5 rings (SSSR count). The number of hydrogen-bond acceptors (Lipinski definition) is 5. The molecule has 1 aromatic heterocycles. The van der Waals surface area contributed by atoms with E-state index in [1.165, 1.54) is 32.1 Å². The zero-order chi connectivity index (χ0) is 26.0. The highest BCUT2D eigenvalue weighted by Crippen LogP contribution is 2.33. The maximum Gasteiger partial charge on any atom is 0.320 e. The Morgan fingerprint density at radius 1 is 0.919 bits per heavy atom. The molecule has 196 valence electrons. The molecule has 2 aliphatic rings. The second kappa shape index (κ2) is 10.9. The van der Waals surface area contributed by atoms with Gasteiger partial charge >= 0.3 is 6.03 Å². The fourth-order valence-corrected chi connectivity index (χ4v) is 7.01. The topological polar surface area (TPSA) is 64.2 Å². The molecule has 0 spiro atoms.